The molecule has 32 heavy (non-hydrogen) atoms. The molecule has 3 rings (SSSR count). The summed E-state index contributed by atoms with van der Waals surface area (Å²) in [6.07, 6.45) is 1.75. The van der Waals surface area contributed by atoms with E-state index in [1.165, 1.54) is 0 Å². The molecule has 2 aromatic carbocycles. The first kappa shape index (κ1) is 24.7. The monoisotopic (exact) mass is 478 g/mol. The highest BCUT2D eigenvalue weighted by atomic mass is 35.5. The van der Waals surface area contributed by atoms with Gasteiger partial charge >= 0.3 is 0 Å². The fourth-order valence-electron chi connectivity index (χ4n) is 3.69. The number of amides is 1. The summed E-state index contributed by atoms with van der Waals surface area (Å²) in [6.45, 7) is 7.49. The Morgan fingerprint density at radius 2 is 1.97 bits per heavy atom. The number of fused-ring (bicyclic) bond motifs is 1. The fourth-order valence-corrected chi connectivity index (χ4v) is 5.24. The maximum atomic E-state index is 12.0. The third kappa shape index (κ3) is 5.90. The van der Waals surface area contributed by atoms with Gasteiger partial charge < -0.3 is 14.2 Å². The van der Waals surface area contributed by atoms with Crippen LogP contribution in [0.3, 0.4) is 0 Å². The van der Waals surface area contributed by atoms with Gasteiger partial charge in [-0.05, 0) is 56.7 Å². The summed E-state index contributed by atoms with van der Waals surface area (Å²) in [6, 6.07) is 11.7. The van der Waals surface area contributed by atoms with Crippen LogP contribution >= 0.6 is 23.4 Å². The van der Waals surface area contributed by atoms with Crippen LogP contribution < -0.4 is 14.4 Å². The number of methoxy groups -OCH3 is 2. The Labute approximate surface area is 199 Å². The molecule has 2 aromatic rings. The Morgan fingerprint density at radius 3 is 2.66 bits per heavy atom. The molecule has 0 aromatic heterocycles. The average molecular weight is 479 g/mol. The average Bonchev–Trinajstić information content (AvgIpc) is 3.15. The SMILES string of the molecule is COCCN(CCCOc1ccc(OC)cc1C1Sc2cc(Cl)ccc2N1C=O)C(C)C. The Kier molecular flexibility index (Phi) is 9.11. The fraction of sp³-hybridized carbons (Fsp3) is 0.458. The van der Waals surface area contributed by atoms with Crippen molar-refractivity contribution in [1.82, 2.24) is 4.90 Å². The first-order chi connectivity index (χ1) is 15.5. The molecule has 0 bridgehead atoms. The van der Waals surface area contributed by atoms with E-state index in [0.717, 1.165) is 53.6 Å². The van der Waals surface area contributed by atoms with Gasteiger partial charge in [-0.25, -0.2) is 0 Å². The second-order valence-electron chi connectivity index (χ2n) is 7.82. The normalized spacial score (nSPS) is 15.3. The molecule has 8 heteroatoms. The number of ether oxygens (including phenoxy) is 3. The molecule has 1 amide bonds. The number of anilines is 1. The van der Waals surface area contributed by atoms with E-state index in [1.54, 1.807) is 36.9 Å². The number of hydrogen-bond donors (Lipinski definition) is 0. The molecule has 174 valence electrons. The number of carbonyl (C=O) groups excluding carboxylic acids is 1. The molecule has 1 aliphatic heterocycles. The van der Waals surface area contributed by atoms with Gasteiger partial charge in [-0.2, -0.15) is 0 Å². The van der Waals surface area contributed by atoms with Crippen molar-refractivity contribution >= 4 is 35.5 Å². The highest BCUT2D eigenvalue weighted by molar-refractivity contribution is 8.00. The van der Waals surface area contributed by atoms with E-state index in [0.29, 0.717) is 24.3 Å². The number of halogens is 1. The Morgan fingerprint density at radius 1 is 1.16 bits per heavy atom. The third-order valence-electron chi connectivity index (χ3n) is 5.45. The quantitative estimate of drug-likeness (QED) is 0.307. The summed E-state index contributed by atoms with van der Waals surface area (Å²) in [4.78, 5) is 17.0. The molecule has 1 atom stereocenters. The van der Waals surface area contributed by atoms with Crippen LogP contribution in [0.2, 0.25) is 5.02 Å². The van der Waals surface area contributed by atoms with Gasteiger partial charge in [-0.15, -0.1) is 0 Å². The van der Waals surface area contributed by atoms with Crippen LogP contribution in [0.1, 0.15) is 31.2 Å². The molecule has 0 N–H and O–H groups in total. The van der Waals surface area contributed by atoms with Crippen molar-refractivity contribution in [1.29, 1.82) is 0 Å². The van der Waals surface area contributed by atoms with E-state index in [9.17, 15) is 4.79 Å². The second-order valence-corrected chi connectivity index (χ2v) is 9.38. The van der Waals surface area contributed by atoms with Gasteiger partial charge in [-0.1, -0.05) is 23.4 Å². The minimum Gasteiger partial charge on any atom is -0.497 e. The van der Waals surface area contributed by atoms with Crippen molar-refractivity contribution in [2.24, 2.45) is 0 Å². The number of carbonyl (C=O) groups is 1. The van der Waals surface area contributed by atoms with Crippen molar-refractivity contribution in [2.75, 3.05) is 45.4 Å². The van der Waals surface area contributed by atoms with Crippen LogP contribution in [0.15, 0.2) is 41.3 Å². The van der Waals surface area contributed by atoms with Crippen LogP contribution in [0.5, 0.6) is 11.5 Å². The van der Waals surface area contributed by atoms with Crippen molar-refractivity contribution in [3.8, 4) is 11.5 Å². The lowest BCUT2D eigenvalue weighted by Gasteiger charge is -2.26. The van der Waals surface area contributed by atoms with Crippen molar-refractivity contribution < 1.29 is 19.0 Å². The Bertz CT molecular complexity index is 912. The van der Waals surface area contributed by atoms with Gasteiger partial charge in [0, 0.05) is 41.7 Å². The van der Waals surface area contributed by atoms with E-state index in [4.69, 9.17) is 25.8 Å². The summed E-state index contributed by atoms with van der Waals surface area (Å²) in [7, 11) is 3.36. The molecule has 0 spiro atoms. The molecular weight excluding hydrogens is 448 g/mol. The van der Waals surface area contributed by atoms with Gasteiger partial charge in [0.05, 0.1) is 26.0 Å². The minimum absolute atomic E-state index is 0.250. The summed E-state index contributed by atoms with van der Waals surface area (Å²) in [5.41, 5.74) is 1.74. The van der Waals surface area contributed by atoms with Crippen LogP contribution in [-0.4, -0.2) is 57.9 Å². The van der Waals surface area contributed by atoms with Crippen LogP contribution in [-0.2, 0) is 9.53 Å². The summed E-state index contributed by atoms with van der Waals surface area (Å²) in [5.74, 6) is 1.47. The van der Waals surface area contributed by atoms with Gasteiger partial charge in [0.2, 0.25) is 6.41 Å². The van der Waals surface area contributed by atoms with Gasteiger partial charge in [0.25, 0.3) is 0 Å². The molecule has 6 nitrogen and oxygen atoms in total. The van der Waals surface area contributed by atoms with Crippen LogP contribution in [0.25, 0.3) is 0 Å². The first-order valence-corrected chi connectivity index (χ1v) is 12.0. The summed E-state index contributed by atoms with van der Waals surface area (Å²) >= 11 is 7.75. The molecule has 0 aliphatic carbocycles. The predicted molar refractivity (Wildman–Crippen MR) is 130 cm³/mol. The maximum Gasteiger partial charge on any atom is 0.215 e. The predicted octanol–water partition coefficient (Wildman–Crippen LogP) is 5.24. The molecule has 0 saturated carbocycles. The lowest BCUT2D eigenvalue weighted by molar-refractivity contribution is -0.107. The molecule has 1 aliphatic rings. The third-order valence-corrected chi connectivity index (χ3v) is 6.97. The van der Waals surface area contributed by atoms with E-state index in [1.807, 2.05) is 30.3 Å². The number of rotatable bonds is 12. The lowest BCUT2D eigenvalue weighted by Crippen LogP contribution is -2.35. The van der Waals surface area contributed by atoms with E-state index >= 15 is 0 Å². The summed E-state index contributed by atoms with van der Waals surface area (Å²) < 4.78 is 16.9. The van der Waals surface area contributed by atoms with Crippen LogP contribution in [0.4, 0.5) is 5.69 Å². The minimum atomic E-state index is -0.250. The number of benzene rings is 2. The Balaban J connectivity index is 1.74. The second kappa shape index (κ2) is 11.8. The Hall–Kier alpha value is -1.93. The van der Waals surface area contributed by atoms with Crippen LogP contribution in [0, 0.1) is 0 Å². The number of thioether (sulfide) groups is 1. The van der Waals surface area contributed by atoms with Crippen molar-refractivity contribution in [2.45, 2.75) is 36.6 Å². The zero-order valence-corrected chi connectivity index (χ0v) is 20.6. The number of hydrogen-bond acceptors (Lipinski definition) is 6. The smallest absolute Gasteiger partial charge is 0.215 e. The van der Waals surface area contributed by atoms with Gasteiger partial charge in [-0.3, -0.25) is 14.6 Å². The topological polar surface area (TPSA) is 51.2 Å². The van der Waals surface area contributed by atoms with Gasteiger partial charge in [0.15, 0.2) is 0 Å². The summed E-state index contributed by atoms with van der Waals surface area (Å²) in [5, 5.41) is 0.396. The standard InChI is InChI=1S/C24H31ClN2O4S/c1-17(2)26(11-13-29-3)10-5-12-31-22-9-7-19(30-4)15-20(22)24-27(16-28)21-8-6-18(25)14-23(21)32-24/h6-9,14-17,24H,5,10-13H2,1-4H3. The maximum absolute atomic E-state index is 12.0. The van der Waals surface area contributed by atoms with Gasteiger partial charge in [0.1, 0.15) is 16.9 Å². The largest absolute Gasteiger partial charge is 0.497 e. The van der Waals surface area contributed by atoms with E-state index in [-0.39, 0.29) is 5.37 Å². The zero-order chi connectivity index (χ0) is 23.1. The molecule has 0 radical (unpaired) electrons. The van der Waals surface area contributed by atoms with Crippen molar-refractivity contribution in [3.05, 3.63) is 47.0 Å². The molecular formula is C24H31ClN2O4S. The lowest BCUT2D eigenvalue weighted by atomic mass is 10.1. The molecule has 0 saturated heterocycles. The highest BCUT2D eigenvalue weighted by Crippen LogP contribution is 2.53. The first-order valence-electron chi connectivity index (χ1n) is 10.7. The van der Waals surface area contributed by atoms with E-state index in [2.05, 4.69) is 18.7 Å². The molecule has 0 fully saturated rings. The van der Waals surface area contributed by atoms with E-state index < -0.39 is 0 Å². The van der Waals surface area contributed by atoms with Crippen molar-refractivity contribution in [3.63, 3.8) is 0 Å². The zero-order valence-electron chi connectivity index (χ0n) is 19.0. The molecule has 1 heterocycles. The number of nitrogens with zero attached hydrogens (tertiary/aromatic N) is 2. The highest BCUT2D eigenvalue weighted by Gasteiger charge is 2.33. The molecule has 1 unspecified atom stereocenters.